The van der Waals surface area contributed by atoms with Gasteiger partial charge in [0.15, 0.2) is 11.5 Å². The molecule has 1 rings (SSSR count). The average molecular weight is 307 g/mol. The lowest BCUT2D eigenvalue weighted by molar-refractivity contribution is -0.134. The van der Waals surface area contributed by atoms with Gasteiger partial charge < -0.3 is 14.6 Å². The highest BCUT2D eigenvalue weighted by Crippen LogP contribution is 2.31. The quantitative estimate of drug-likeness (QED) is 0.505. The van der Waals surface area contributed by atoms with E-state index in [-0.39, 0.29) is 17.1 Å². The number of alkyl halides is 2. The number of rotatable bonds is 5. The van der Waals surface area contributed by atoms with Crippen molar-refractivity contribution in [3.63, 3.8) is 0 Å². The molecule has 1 aromatic carbocycles. The first kappa shape index (κ1) is 15.3. The lowest BCUT2D eigenvalue weighted by Crippen LogP contribution is -2.15. The molecule has 0 aromatic heterocycles. The van der Waals surface area contributed by atoms with Crippen LogP contribution in [0.5, 0.6) is 11.5 Å². The molecule has 1 aromatic rings. The van der Waals surface area contributed by atoms with Crippen LogP contribution in [0.25, 0.3) is 0 Å². The Hall–Kier alpha value is -1.79. The highest BCUT2D eigenvalue weighted by atomic mass is 35.5. The largest absolute Gasteiger partial charge is 0.478 e. The zero-order valence-electron chi connectivity index (χ0n) is 9.39. The van der Waals surface area contributed by atoms with Crippen molar-refractivity contribution in [2.24, 2.45) is 0 Å². The van der Waals surface area contributed by atoms with Gasteiger partial charge in [-0.15, -0.1) is 23.2 Å². The van der Waals surface area contributed by atoms with Gasteiger partial charge in [-0.1, -0.05) is 6.07 Å². The van der Waals surface area contributed by atoms with Gasteiger partial charge in [0.25, 0.3) is 0 Å². The van der Waals surface area contributed by atoms with Crippen molar-refractivity contribution in [1.82, 2.24) is 0 Å². The molecule has 0 saturated heterocycles. The molecule has 0 aliphatic heterocycles. The number of carboxylic acids is 1. The van der Waals surface area contributed by atoms with Crippen molar-refractivity contribution in [3.05, 3.63) is 23.8 Å². The Labute approximate surface area is 117 Å². The number of carboxylic acid groups (broad SMARTS) is 1. The highest BCUT2D eigenvalue weighted by molar-refractivity contribution is 6.27. The third-order valence-corrected chi connectivity index (χ3v) is 2.30. The van der Waals surface area contributed by atoms with Crippen LogP contribution in [0.4, 0.5) is 0 Å². The van der Waals surface area contributed by atoms with Crippen molar-refractivity contribution in [2.45, 2.75) is 0 Å². The molecule has 6 nitrogen and oxygen atoms in total. The zero-order valence-corrected chi connectivity index (χ0v) is 10.9. The van der Waals surface area contributed by atoms with Crippen LogP contribution in [-0.2, 0) is 9.59 Å². The van der Waals surface area contributed by atoms with Crippen molar-refractivity contribution in [3.8, 4) is 11.5 Å². The number of carbonyl (C=O) groups excluding carboxylic acids is 2. The summed E-state index contributed by atoms with van der Waals surface area (Å²) in [5, 5.41) is 8.98. The van der Waals surface area contributed by atoms with Crippen molar-refractivity contribution in [2.75, 3.05) is 11.8 Å². The fourth-order valence-corrected chi connectivity index (χ4v) is 1.27. The fraction of sp³-hybridized carbons (Fsp3) is 0.182. The van der Waals surface area contributed by atoms with Crippen LogP contribution in [0.15, 0.2) is 18.2 Å². The number of esters is 2. The highest BCUT2D eigenvalue weighted by Gasteiger charge is 2.20. The Morgan fingerprint density at radius 3 is 2.16 bits per heavy atom. The fourth-order valence-electron chi connectivity index (χ4n) is 1.16. The van der Waals surface area contributed by atoms with E-state index < -0.39 is 29.7 Å². The number of halogens is 2. The molecule has 0 bridgehead atoms. The summed E-state index contributed by atoms with van der Waals surface area (Å²) in [7, 11) is 0. The van der Waals surface area contributed by atoms with Gasteiger partial charge in [-0.25, -0.2) is 4.79 Å². The maximum atomic E-state index is 11.1. The minimum Gasteiger partial charge on any atom is -0.478 e. The second-order valence-corrected chi connectivity index (χ2v) is 3.69. The van der Waals surface area contributed by atoms with Crippen LogP contribution < -0.4 is 9.47 Å². The Morgan fingerprint density at radius 1 is 1.05 bits per heavy atom. The minimum absolute atomic E-state index is 0.219. The molecular weight excluding hydrogens is 299 g/mol. The predicted octanol–water partition coefficient (Wildman–Crippen LogP) is 1.67. The van der Waals surface area contributed by atoms with E-state index in [1.807, 2.05) is 0 Å². The molecule has 0 aliphatic carbocycles. The van der Waals surface area contributed by atoms with Gasteiger partial charge in [0.05, 0.1) is 0 Å². The van der Waals surface area contributed by atoms with Crippen molar-refractivity contribution in [1.29, 1.82) is 0 Å². The van der Waals surface area contributed by atoms with E-state index in [1.165, 1.54) is 18.2 Å². The normalized spacial score (nSPS) is 9.79. The van der Waals surface area contributed by atoms with Crippen LogP contribution in [-0.4, -0.2) is 34.8 Å². The molecule has 1 N–H and O–H groups in total. The summed E-state index contributed by atoms with van der Waals surface area (Å²) >= 11 is 10.5. The third kappa shape index (κ3) is 4.11. The first-order valence-corrected chi connectivity index (χ1v) is 5.96. The minimum atomic E-state index is -1.35. The molecule has 8 heteroatoms. The average Bonchev–Trinajstić information content (AvgIpc) is 2.39. The van der Waals surface area contributed by atoms with Gasteiger partial charge in [0.2, 0.25) is 0 Å². The van der Waals surface area contributed by atoms with Gasteiger partial charge in [0.1, 0.15) is 17.3 Å². The third-order valence-electron chi connectivity index (χ3n) is 1.87. The summed E-state index contributed by atoms with van der Waals surface area (Å²) in [6.45, 7) is 0. The molecule has 19 heavy (non-hydrogen) atoms. The second kappa shape index (κ2) is 6.96. The van der Waals surface area contributed by atoms with Crippen LogP contribution in [0.2, 0.25) is 0 Å². The number of hydrogen-bond donors (Lipinski definition) is 1. The van der Waals surface area contributed by atoms with E-state index in [0.29, 0.717) is 0 Å². The summed E-state index contributed by atoms with van der Waals surface area (Å²) in [5.74, 6) is -4.55. The van der Waals surface area contributed by atoms with E-state index in [2.05, 4.69) is 0 Å². The molecule has 0 unspecified atom stereocenters. The molecule has 0 amide bonds. The standard InChI is InChI=1S/C11H8Cl2O6/c12-4-8(14)18-7-3-1-2-6(11(16)17)10(7)19-9(15)5-13/h1-3H,4-5H2,(H,16,17). The monoisotopic (exact) mass is 306 g/mol. The Morgan fingerprint density at radius 2 is 1.63 bits per heavy atom. The molecule has 0 atom stereocenters. The Kier molecular flexibility index (Phi) is 5.59. The summed E-state index contributed by atoms with van der Waals surface area (Å²) < 4.78 is 9.54. The number of para-hydroxylation sites is 1. The van der Waals surface area contributed by atoms with Gasteiger partial charge in [-0.2, -0.15) is 0 Å². The Bertz CT molecular complexity index is 514. The molecule has 0 fully saturated rings. The van der Waals surface area contributed by atoms with Gasteiger partial charge in [-0.3, -0.25) is 9.59 Å². The summed E-state index contributed by atoms with van der Waals surface area (Å²) in [6, 6.07) is 3.79. The molecular formula is C11H8Cl2O6. The van der Waals surface area contributed by atoms with Crippen LogP contribution in [0.3, 0.4) is 0 Å². The van der Waals surface area contributed by atoms with Crippen LogP contribution in [0, 0.1) is 0 Å². The second-order valence-electron chi connectivity index (χ2n) is 3.15. The van der Waals surface area contributed by atoms with E-state index in [4.69, 9.17) is 37.8 Å². The van der Waals surface area contributed by atoms with Gasteiger partial charge in [0, 0.05) is 0 Å². The van der Waals surface area contributed by atoms with Crippen molar-refractivity contribution >= 4 is 41.1 Å². The first-order valence-electron chi connectivity index (χ1n) is 4.89. The maximum absolute atomic E-state index is 11.1. The summed E-state index contributed by atoms with van der Waals surface area (Å²) in [5.41, 5.74) is -0.335. The maximum Gasteiger partial charge on any atom is 0.339 e. The Balaban J connectivity index is 3.21. The van der Waals surface area contributed by atoms with Crippen molar-refractivity contribution < 1.29 is 29.0 Å². The summed E-state index contributed by atoms with van der Waals surface area (Å²) in [4.78, 5) is 33.3. The first-order chi connectivity index (χ1) is 8.99. The van der Waals surface area contributed by atoms with Gasteiger partial charge >= 0.3 is 17.9 Å². The molecule has 0 saturated carbocycles. The molecule has 0 radical (unpaired) electrons. The number of hydrogen-bond acceptors (Lipinski definition) is 5. The van der Waals surface area contributed by atoms with E-state index in [9.17, 15) is 14.4 Å². The SMILES string of the molecule is O=C(CCl)Oc1cccc(C(=O)O)c1OC(=O)CCl. The predicted molar refractivity (Wildman–Crippen MR) is 66.1 cm³/mol. The number of carbonyl (C=O) groups is 3. The molecule has 0 spiro atoms. The topological polar surface area (TPSA) is 89.9 Å². The van der Waals surface area contributed by atoms with E-state index >= 15 is 0 Å². The zero-order chi connectivity index (χ0) is 14.4. The molecule has 102 valence electrons. The van der Waals surface area contributed by atoms with E-state index in [0.717, 1.165) is 0 Å². The van der Waals surface area contributed by atoms with Gasteiger partial charge in [-0.05, 0) is 12.1 Å². The summed E-state index contributed by atoms with van der Waals surface area (Å²) in [6.07, 6.45) is 0. The number of benzene rings is 1. The lowest BCUT2D eigenvalue weighted by Gasteiger charge is -2.11. The number of ether oxygens (including phenoxy) is 2. The number of aromatic carboxylic acids is 1. The van der Waals surface area contributed by atoms with Crippen LogP contribution >= 0.6 is 23.2 Å². The smallest absolute Gasteiger partial charge is 0.339 e. The molecule has 0 aliphatic rings. The van der Waals surface area contributed by atoms with E-state index in [1.54, 1.807) is 0 Å². The van der Waals surface area contributed by atoms with Crippen LogP contribution in [0.1, 0.15) is 10.4 Å². The lowest BCUT2D eigenvalue weighted by atomic mass is 10.2. The molecule has 0 heterocycles.